The zero-order valence-corrected chi connectivity index (χ0v) is 23.1. The van der Waals surface area contributed by atoms with Gasteiger partial charge in [-0.2, -0.15) is 13.2 Å². The molecular weight excluding hydrogens is 565 g/mol. The number of carboxylic acid groups (broad SMARTS) is 1. The molecule has 0 spiro atoms. The van der Waals surface area contributed by atoms with Crippen molar-refractivity contribution in [2.24, 2.45) is 5.92 Å². The smallest absolute Gasteiger partial charge is 0.430 e. The molecule has 2 aromatic carbocycles. The largest absolute Gasteiger partial charge is 0.542 e. The van der Waals surface area contributed by atoms with Crippen LogP contribution >= 0.6 is 15.9 Å². The van der Waals surface area contributed by atoms with Gasteiger partial charge < -0.3 is 24.9 Å². The Morgan fingerprint density at radius 1 is 1.00 bits per heavy atom. The molecule has 2 aromatic rings. The van der Waals surface area contributed by atoms with Crippen molar-refractivity contribution in [3.05, 3.63) is 70.2 Å². The first-order valence-electron chi connectivity index (χ1n) is 12.7. The highest BCUT2D eigenvalue weighted by atomic mass is 79.9. The normalized spacial score (nSPS) is 22.6. The van der Waals surface area contributed by atoms with Gasteiger partial charge in [0.05, 0.1) is 24.8 Å². The average molecular weight is 599 g/mol. The lowest BCUT2D eigenvalue weighted by atomic mass is 9.72. The second-order valence-electron chi connectivity index (χ2n) is 10.3. The van der Waals surface area contributed by atoms with E-state index in [1.165, 1.54) is 5.56 Å². The van der Waals surface area contributed by atoms with Crippen LogP contribution < -0.4 is 15.3 Å². The third-order valence-corrected chi connectivity index (χ3v) is 7.89. The van der Waals surface area contributed by atoms with E-state index in [2.05, 4.69) is 71.5 Å². The van der Waals surface area contributed by atoms with Gasteiger partial charge in [-0.15, -0.1) is 0 Å². The topological polar surface area (TPSA) is 82.9 Å². The van der Waals surface area contributed by atoms with Crippen LogP contribution in [0.15, 0.2) is 59.1 Å². The van der Waals surface area contributed by atoms with Crippen molar-refractivity contribution in [2.45, 2.75) is 56.8 Å². The van der Waals surface area contributed by atoms with Crippen molar-refractivity contribution in [3.8, 4) is 0 Å². The van der Waals surface area contributed by atoms with E-state index in [9.17, 15) is 18.0 Å². The maximum absolute atomic E-state index is 13.6. The molecule has 0 aromatic heterocycles. The van der Waals surface area contributed by atoms with Gasteiger partial charge in [-0.3, -0.25) is 4.79 Å². The van der Waals surface area contributed by atoms with Crippen molar-refractivity contribution >= 4 is 27.8 Å². The Morgan fingerprint density at radius 3 is 2.13 bits per heavy atom. The monoisotopic (exact) mass is 598 g/mol. The summed E-state index contributed by atoms with van der Waals surface area (Å²) >= 11 is 3.56. The lowest BCUT2D eigenvalue weighted by Gasteiger charge is -2.41. The standard InChI is InChI=1S/C26H33BrN2O2.C2HF3O2/c1-26(2,20-6-4-3-5-7-20)28-25(30)23-13-12-22(29-14-16-31-17-15-29)18-24(23)19-8-10-21(27)11-9-19;3-2(4,5)1(6)7/h3-11,22-24H,12-18H2,1-2H3,(H,28,30);(H,6,7)/t22-,23-,24+;/m1./s1. The van der Waals surface area contributed by atoms with Gasteiger partial charge >= 0.3 is 6.18 Å². The quantitative estimate of drug-likeness (QED) is 0.554. The second kappa shape index (κ2) is 13.1. The summed E-state index contributed by atoms with van der Waals surface area (Å²) in [5.41, 5.74) is 2.02. The number of aliphatic carboxylic acids is 1. The van der Waals surface area contributed by atoms with E-state index in [4.69, 9.17) is 14.6 Å². The third-order valence-electron chi connectivity index (χ3n) is 7.36. The van der Waals surface area contributed by atoms with Crippen molar-refractivity contribution in [2.75, 3.05) is 26.3 Å². The molecule has 1 saturated heterocycles. The number of benzene rings is 2. The second-order valence-corrected chi connectivity index (χ2v) is 11.2. The van der Waals surface area contributed by atoms with Crippen molar-refractivity contribution in [1.29, 1.82) is 0 Å². The zero-order valence-electron chi connectivity index (χ0n) is 21.5. The number of alkyl halides is 3. The van der Waals surface area contributed by atoms with E-state index < -0.39 is 17.7 Å². The predicted molar refractivity (Wildman–Crippen MR) is 138 cm³/mol. The van der Waals surface area contributed by atoms with Crippen molar-refractivity contribution in [1.82, 2.24) is 5.32 Å². The molecule has 1 heterocycles. The van der Waals surface area contributed by atoms with E-state index in [-0.39, 0.29) is 17.7 Å². The van der Waals surface area contributed by atoms with Crippen LogP contribution in [0.1, 0.15) is 50.2 Å². The zero-order chi connectivity index (χ0) is 27.9. The number of hydrogen-bond donors (Lipinski definition) is 2. The summed E-state index contributed by atoms with van der Waals surface area (Å²) in [5.74, 6) is -2.58. The maximum Gasteiger partial charge on any atom is 0.430 e. The lowest BCUT2D eigenvalue weighted by molar-refractivity contribution is -0.934. The molecule has 3 atom stereocenters. The first kappa shape index (κ1) is 30.1. The summed E-state index contributed by atoms with van der Waals surface area (Å²) in [6.45, 7) is 8.05. The van der Waals surface area contributed by atoms with Gasteiger partial charge in [0.25, 0.3) is 0 Å². The Hall–Kier alpha value is -2.43. The minimum atomic E-state index is -5.19. The highest BCUT2D eigenvalue weighted by molar-refractivity contribution is 9.10. The summed E-state index contributed by atoms with van der Waals surface area (Å²) in [7, 11) is 0. The van der Waals surface area contributed by atoms with Gasteiger partial charge in [-0.25, -0.2) is 0 Å². The van der Waals surface area contributed by atoms with Gasteiger partial charge in [0.2, 0.25) is 5.91 Å². The third kappa shape index (κ3) is 8.28. The highest BCUT2D eigenvalue weighted by Gasteiger charge is 2.41. The number of quaternary nitrogens is 1. The Morgan fingerprint density at radius 2 is 1.58 bits per heavy atom. The van der Waals surface area contributed by atoms with E-state index in [1.807, 2.05) is 18.2 Å². The molecule has 2 N–H and O–H groups in total. The number of carbonyl (C=O) groups is 2. The molecule has 38 heavy (non-hydrogen) atoms. The molecule has 1 saturated carbocycles. The average Bonchev–Trinajstić information content (AvgIpc) is 2.89. The Balaban J connectivity index is 0.000000505. The van der Waals surface area contributed by atoms with Gasteiger partial charge in [0, 0.05) is 29.2 Å². The Bertz CT molecular complexity index is 1060. The van der Waals surface area contributed by atoms with Gasteiger partial charge in [0.15, 0.2) is 0 Å². The molecule has 10 heteroatoms. The van der Waals surface area contributed by atoms with Crippen LogP contribution in [0.2, 0.25) is 0 Å². The maximum atomic E-state index is 13.6. The van der Waals surface area contributed by atoms with Crippen LogP contribution in [0.5, 0.6) is 0 Å². The van der Waals surface area contributed by atoms with Crippen LogP contribution in [0.3, 0.4) is 0 Å². The number of morpholine rings is 1. The van der Waals surface area contributed by atoms with E-state index >= 15 is 0 Å². The Kier molecular flexibility index (Phi) is 10.4. The molecule has 6 nitrogen and oxygen atoms in total. The minimum absolute atomic E-state index is 0.000790. The van der Waals surface area contributed by atoms with Gasteiger partial charge in [-0.05, 0) is 43.5 Å². The van der Waals surface area contributed by atoms with Crippen LogP contribution in [0, 0.1) is 5.92 Å². The van der Waals surface area contributed by atoms with Crippen LogP contribution in [-0.2, 0) is 19.9 Å². The summed E-state index contributed by atoms with van der Waals surface area (Å²) in [5, 5.41) is 12.2. The van der Waals surface area contributed by atoms with Crippen LogP contribution in [0.4, 0.5) is 13.2 Å². The fourth-order valence-electron chi connectivity index (χ4n) is 5.30. The highest BCUT2D eigenvalue weighted by Crippen LogP contribution is 2.38. The predicted octanol–water partition coefficient (Wildman–Crippen LogP) is 2.97. The van der Waals surface area contributed by atoms with Gasteiger partial charge in [-0.1, -0.05) is 58.4 Å². The number of ether oxygens (including phenoxy) is 1. The van der Waals surface area contributed by atoms with Crippen LogP contribution in [-0.4, -0.2) is 50.4 Å². The number of hydrogen-bond acceptors (Lipinski definition) is 4. The molecule has 0 bridgehead atoms. The summed E-state index contributed by atoms with van der Waals surface area (Å²) in [6, 6.07) is 19.4. The fourth-order valence-corrected chi connectivity index (χ4v) is 5.57. The molecule has 1 aliphatic carbocycles. The summed E-state index contributed by atoms with van der Waals surface area (Å²) < 4.78 is 38.2. The number of halogens is 4. The molecule has 0 radical (unpaired) electrons. The molecule has 0 unspecified atom stereocenters. The molecule has 4 rings (SSSR count). The number of amides is 1. The molecule has 208 valence electrons. The van der Waals surface area contributed by atoms with Crippen molar-refractivity contribution in [3.63, 3.8) is 0 Å². The molecule has 2 fully saturated rings. The van der Waals surface area contributed by atoms with E-state index in [0.29, 0.717) is 6.04 Å². The fraction of sp³-hybridized carbons (Fsp3) is 0.500. The molecule has 2 aliphatic rings. The van der Waals surface area contributed by atoms with Gasteiger partial charge in [0.1, 0.15) is 19.1 Å². The molecule has 1 aliphatic heterocycles. The number of nitrogens with one attached hydrogen (secondary N) is 2. The first-order valence-corrected chi connectivity index (χ1v) is 13.5. The van der Waals surface area contributed by atoms with Crippen LogP contribution in [0.25, 0.3) is 0 Å². The number of rotatable bonds is 5. The molecule has 1 amide bonds. The first-order chi connectivity index (χ1) is 17.9. The summed E-state index contributed by atoms with van der Waals surface area (Å²) in [4.78, 5) is 24.0. The van der Waals surface area contributed by atoms with E-state index in [0.717, 1.165) is 55.6 Å². The number of carbonyl (C=O) groups excluding carboxylic acids is 2. The SMILES string of the molecule is CC(C)(NC(=O)[C@@H]1CC[C@@H]([NH+]2CCOCC2)C[C@H]1c1ccc(Br)cc1)c1ccccc1.O=C([O-])C(F)(F)F. The van der Waals surface area contributed by atoms with E-state index in [1.54, 1.807) is 4.90 Å². The minimum Gasteiger partial charge on any atom is -0.542 e. The Labute approximate surface area is 229 Å². The lowest BCUT2D eigenvalue weighted by Crippen LogP contribution is -3.17. The summed E-state index contributed by atoms with van der Waals surface area (Å²) in [6.07, 6.45) is -2.10. The molecular formula is C28H34BrF3N2O4. The number of carboxylic acids is 1. The van der Waals surface area contributed by atoms with Crippen molar-refractivity contribution < 1.29 is 37.5 Å².